The van der Waals surface area contributed by atoms with Gasteiger partial charge in [0.2, 0.25) is 5.91 Å². The number of rotatable bonds is 4. The lowest BCUT2D eigenvalue weighted by atomic mass is 10.2. The summed E-state index contributed by atoms with van der Waals surface area (Å²) in [5.41, 5.74) is 0. The molecule has 0 saturated heterocycles. The second-order valence-corrected chi connectivity index (χ2v) is 3.54. The van der Waals surface area contributed by atoms with E-state index in [0.29, 0.717) is 18.3 Å². The molecule has 0 aromatic carbocycles. The SMILES string of the molecule is CC(C#N)CN(C)C(=O)CCBr. The van der Waals surface area contributed by atoms with E-state index < -0.39 is 0 Å². The largest absolute Gasteiger partial charge is 0.344 e. The van der Waals surface area contributed by atoms with E-state index in [1.807, 2.05) is 0 Å². The smallest absolute Gasteiger partial charge is 0.223 e. The fraction of sp³-hybridized carbons (Fsp3) is 0.750. The highest BCUT2D eigenvalue weighted by Gasteiger charge is 2.10. The van der Waals surface area contributed by atoms with E-state index in [2.05, 4.69) is 22.0 Å². The predicted molar refractivity (Wildman–Crippen MR) is 50.8 cm³/mol. The van der Waals surface area contributed by atoms with Crippen LogP contribution in [0.3, 0.4) is 0 Å². The van der Waals surface area contributed by atoms with Crippen LogP contribution in [0.15, 0.2) is 0 Å². The van der Waals surface area contributed by atoms with E-state index in [-0.39, 0.29) is 11.8 Å². The van der Waals surface area contributed by atoms with Crippen molar-refractivity contribution < 1.29 is 4.79 Å². The van der Waals surface area contributed by atoms with E-state index in [4.69, 9.17) is 5.26 Å². The second-order valence-electron chi connectivity index (χ2n) is 2.74. The molecule has 0 aromatic rings. The summed E-state index contributed by atoms with van der Waals surface area (Å²) >= 11 is 3.19. The molecule has 12 heavy (non-hydrogen) atoms. The molecule has 0 radical (unpaired) electrons. The standard InChI is InChI=1S/C8H13BrN2O/c1-7(5-10)6-11(2)8(12)3-4-9/h7H,3-4,6H2,1-2H3. The van der Waals surface area contributed by atoms with Crippen molar-refractivity contribution in [3.8, 4) is 6.07 Å². The zero-order valence-corrected chi connectivity index (χ0v) is 8.97. The Hall–Kier alpha value is -0.560. The summed E-state index contributed by atoms with van der Waals surface area (Å²) < 4.78 is 0. The molecule has 0 saturated carbocycles. The van der Waals surface area contributed by atoms with Crippen LogP contribution in [-0.4, -0.2) is 29.7 Å². The number of nitriles is 1. The summed E-state index contributed by atoms with van der Waals surface area (Å²) in [6.45, 7) is 2.32. The minimum Gasteiger partial charge on any atom is -0.344 e. The highest BCUT2D eigenvalue weighted by Crippen LogP contribution is 1.99. The number of nitrogens with zero attached hydrogens (tertiary/aromatic N) is 2. The highest BCUT2D eigenvalue weighted by atomic mass is 79.9. The molecule has 0 aliphatic heterocycles. The van der Waals surface area contributed by atoms with Gasteiger partial charge in [0.05, 0.1) is 12.0 Å². The Morgan fingerprint density at radius 3 is 2.75 bits per heavy atom. The van der Waals surface area contributed by atoms with E-state index in [9.17, 15) is 4.79 Å². The lowest BCUT2D eigenvalue weighted by Gasteiger charge is -2.17. The molecule has 1 unspecified atom stereocenters. The summed E-state index contributed by atoms with van der Waals surface area (Å²) in [5.74, 6) is -0.0109. The van der Waals surface area contributed by atoms with Crippen molar-refractivity contribution in [1.29, 1.82) is 5.26 Å². The van der Waals surface area contributed by atoms with Crippen molar-refractivity contribution in [2.45, 2.75) is 13.3 Å². The predicted octanol–water partition coefficient (Wildman–Crippen LogP) is 1.39. The van der Waals surface area contributed by atoms with E-state index >= 15 is 0 Å². The zero-order chi connectivity index (χ0) is 9.56. The molecule has 0 N–H and O–H groups in total. The van der Waals surface area contributed by atoms with Gasteiger partial charge in [0.25, 0.3) is 0 Å². The molecule has 1 atom stereocenters. The molecule has 0 aliphatic rings. The Labute approximate surface area is 81.5 Å². The first-order valence-corrected chi connectivity index (χ1v) is 4.93. The summed E-state index contributed by atoms with van der Waals surface area (Å²) in [6, 6.07) is 2.09. The van der Waals surface area contributed by atoms with Crippen molar-refractivity contribution in [1.82, 2.24) is 4.90 Å². The molecule has 0 aliphatic carbocycles. The lowest BCUT2D eigenvalue weighted by molar-refractivity contribution is -0.129. The minimum atomic E-state index is -0.0886. The van der Waals surface area contributed by atoms with Crippen molar-refractivity contribution >= 4 is 21.8 Å². The van der Waals surface area contributed by atoms with Crippen LogP contribution in [0.1, 0.15) is 13.3 Å². The summed E-state index contributed by atoms with van der Waals surface area (Å²) in [7, 11) is 1.72. The Kier molecular flexibility index (Phi) is 5.73. The van der Waals surface area contributed by atoms with Gasteiger partial charge in [-0.15, -0.1) is 0 Å². The molecule has 1 amide bonds. The van der Waals surface area contributed by atoms with Gasteiger partial charge < -0.3 is 4.90 Å². The van der Waals surface area contributed by atoms with Crippen LogP contribution in [0.2, 0.25) is 0 Å². The third-order valence-corrected chi connectivity index (χ3v) is 1.90. The molecule has 0 spiro atoms. The first kappa shape index (κ1) is 11.4. The van der Waals surface area contributed by atoms with Crippen LogP contribution in [0, 0.1) is 17.2 Å². The maximum Gasteiger partial charge on any atom is 0.223 e. The fourth-order valence-electron chi connectivity index (χ4n) is 0.825. The molecule has 68 valence electrons. The van der Waals surface area contributed by atoms with Crippen LogP contribution >= 0.6 is 15.9 Å². The van der Waals surface area contributed by atoms with E-state index in [0.717, 1.165) is 0 Å². The van der Waals surface area contributed by atoms with Gasteiger partial charge in [0.1, 0.15) is 0 Å². The molecule has 3 nitrogen and oxygen atoms in total. The van der Waals surface area contributed by atoms with Crippen LogP contribution in [0.5, 0.6) is 0 Å². The Morgan fingerprint density at radius 2 is 2.33 bits per heavy atom. The first-order chi connectivity index (χ1) is 5.61. The monoisotopic (exact) mass is 232 g/mol. The topological polar surface area (TPSA) is 44.1 Å². The van der Waals surface area contributed by atoms with Gasteiger partial charge in [-0.05, 0) is 6.92 Å². The highest BCUT2D eigenvalue weighted by molar-refractivity contribution is 9.09. The number of hydrogen-bond donors (Lipinski definition) is 0. The Bertz CT molecular complexity index is 188. The average Bonchev–Trinajstić information content (AvgIpc) is 2.04. The number of carbonyl (C=O) groups is 1. The molecule has 0 heterocycles. The lowest BCUT2D eigenvalue weighted by Crippen LogP contribution is -2.30. The molecule has 0 aromatic heterocycles. The van der Waals surface area contributed by atoms with Crippen LogP contribution in [0.25, 0.3) is 0 Å². The molecule has 0 rings (SSSR count). The first-order valence-electron chi connectivity index (χ1n) is 3.81. The third kappa shape index (κ3) is 4.35. The van der Waals surface area contributed by atoms with Crippen LogP contribution in [-0.2, 0) is 4.79 Å². The molecular formula is C8H13BrN2O. The number of alkyl halides is 1. The number of carbonyl (C=O) groups excluding carboxylic acids is 1. The van der Waals surface area contributed by atoms with Crippen LogP contribution < -0.4 is 0 Å². The second kappa shape index (κ2) is 6.01. The zero-order valence-electron chi connectivity index (χ0n) is 7.38. The molecular weight excluding hydrogens is 220 g/mol. The van der Waals surface area contributed by atoms with Gasteiger partial charge in [0.15, 0.2) is 0 Å². The summed E-state index contributed by atoms with van der Waals surface area (Å²) in [5, 5.41) is 9.18. The van der Waals surface area contributed by atoms with Gasteiger partial charge in [-0.3, -0.25) is 4.79 Å². The van der Waals surface area contributed by atoms with Gasteiger partial charge in [-0.2, -0.15) is 5.26 Å². The van der Waals surface area contributed by atoms with Crippen molar-refractivity contribution in [3.05, 3.63) is 0 Å². The van der Waals surface area contributed by atoms with E-state index in [1.54, 1.807) is 18.9 Å². The maximum absolute atomic E-state index is 11.2. The normalized spacial score (nSPS) is 11.8. The quantitative estimate of drug-likeness (QED) is 0.688. The maximum atomic E-state index is 11.2. The van der Waals surface area contributed by atoms with Crippen molar-refractivity contribution in [3.63, 3.8) is 0 Å². The number of halogens is 1. The van der Waals surface area contributed by atoms with Crippen molar-refractivity contribution in [2.75, 3.05) is 18.9 Å². The fourth-order valence-corrected chi connectivity index (χ4v) is 1.16. The summed E-state index contributed by atoms with van der Waals surface area (Å²) in [4.78, 5) is 12.8. The van der Waals surface area contributed by atoms with Crippen LogP contribution in [0.4, 0.5) is 0 Å². The average molecular weight is 233 g/mol. The molecule has 0 bridgehead atoms. The van der Waals surface area contributed by atoms with Gasteiger partial charge in [-0.25, -0.2) is 0 Å². The molecule has 0 fully saturated rings. The third-order valence-electron chi connectivity index (χ3n) is 1.50. The van der Waals surface area contributed by atoms with Gasteiger partial charge >= 0.3 is 0 Å². The number of amides is 1. The molecule has 4 heteroatoms. The van der Waals surface area contributed by atoms with Crippen molar-refractivity contribution in [2.24, 2.45) is 5.92 Å². The Balaban J connectivity index is 3.80. The van der Waals surface area contributed by atoms with Gasteiger partial charge in [-0.1, -0.05) is 15.9 Å². The minimum absolute atomic E-state index is 0.0778. The van der Waals surface area contributed by atoms with E-state index in [1.165, 1.54) is 0 Å². The van der Waals surface area contributed by atoms with Gasteiger partial charge in [0, 0.05) is 25.3 Å². The summed E-state index contributed by atoms with van der Waals surface area (Å²) in [6.07, 6.45) is 0.495. The number of hydrogen-bond acceptors (Lipinski definition) is 2. The Morgan fingerprint density at radius 1 is 1.75 bits per heavy atom.